The van der Waals surface area contributed by atoms with Crippen LogP contribution in [-0.4, -0.2) is 17.5 Å². The van der Waals surface area contributed by atoms with Crippen LogP contribution >= 0.6 is 0 Å². The number of allylic oxidation sites excluding steroid dienone is 3. The molecule has 0 fully saturated rings. The largest absolute Gasteiger partial charge is 0.326 e. The van der Waals surface area contributed by atoms with Crippen LogP contribution in [0.1, 0.15) is 63.2 Å². The zero-order chi connectivity index (χ0) is 19.8. The Morgan fingerprint density at radius 3 is 2.59 bits per heavy atom. The Morgan fingerprint density at radius 2 is 1.96 bits per heavy atom. The van der Waals surface area contributed by atoms with E-state index in [2.05, 4.69) is 28.5 Å². The van der Waals surface area contributed by atoms with Gasteiger partial charge < -0.3 is 5.32 Å². The Balaban J connectivity index is 1.96. The van der Waals surface area contributed by atoms with E-state index in [1.807, 2.05) is 20.8 Å². The maximum atomic E-state index is 12.3. The van der Waals surface area contributed by atoms with Crippen LogP contribution in [0.25, 0.3) is 0 Å². The number of unbranched alkanes of at least 4 members (excludes halogenated alkanes) is 1. The van der Waals surface area contributed by atoms with Crippen molar-refractivity contribution in [2.45, 2.75) is 52.9 Å². The number of nitrogens with zero attached hydrogens (tertiary/aromatic N) is 1. The predicted molar refractivity (Wildman–Crippen MR) is 111 cm³/mol. The van der Waals surface area contributed by atoms with Gasteiger partial charge in [0.1, 0.15) is 0 Å². The Hall–Kier alpha value is -2.69. The first-order chi connectivity index (χ1) is 12.9. The van der Waals surface area contributed by atoms with Gasteiger partial charge in [-0.15, -0.1) is 0 Å². The summed E-state index contributed by atoms with van der Waals surface area (Å²) in [7, 11) is 0. The van der Waals surface area contributed by atoms with Crippen LogP contribution in [0.3, 0.4) is 0 Å². The molecule has 1 atom stereocenters. The predicted octanol–water partition coefficient (Wildman–Crippen LogP) is 4.83. The molecule has 0 spiro atoms. The van der Waals surface area contributed by atoms with Gasteiger partial charge in [-0.2, -0.15) is 5.10 Å². The van der Waals surface area contributed by atoms with Crippen molar-refractivity contribution in [2.75, 3.05) is 5.32 Å². The lowest BCUT2D eigenvalue weighted by atomic mass is 9.85. The molecule has 1 aliphatic carbocycles. The van der Waals surface area contributed by atoms with Crippen molar-refractivity contribution < 1.29 is 9.59 Å². The topological polar surface area (TPSA) is 70.6 Å². The fraction of sp³-hybridized carbons (Fsp3) is 0.409. The third-order valence-electron chi connectivity index (χ3n) is 4.78. The molecule has 0 saturated carbocycles. The fourth-order valence-electron chi connectivity index (χ4n) is 2.87. The molecule has 0 aromatic heterocycles. The second-order valence-electron chi connectivity index (χ2n) is 7.10. The minimum absolute atomic E-state index is 0.00733. The standard InChI is InChI=1S/C22H29N3O2/c1-5-6-7-21(26)23-19-12-10-17(11-13-19)22(27)25-24-20-14-18(15(2)3)9-8-16(20)4/h8,10-13,18H,2,5-7,9,14H2,1,3-4H3,(H,23,26)(H,25,27)/b24-20+. The highest BCUT2D eigenvalue weighted by Crippen LogP contribution is 2.26. The number of rotatable bonds is 7. The maximum absolute atomic E-state index is 12.3. The normalized spacial score (nSPS) is 18.0. The van der Waals surface area contributed by atoms with E-state index in [-0.39, 0.29) is 11.8 Å². The van der Waals surface area contributed by atoms with E-state index in [9.17, 15) is 9.59 Å². The van der Waals surface area contributed by atoms with Crippen molar-refractivity contribution in [3.8, 4) is 0 Å². The zero-order valence-electron chi connectivity index (χ0n) is 16.5. The lowest BCUT2D eigenvalue weighted by molar-refractivity contribution is -0.116. The van der Waals surface area contributed by atoms with Gasteiger partial charge in [-0.05, 0) is 68.9 Å². The van der Waals surface area contributed by atoms with E-state index in [0.29, 0.717) is 23.6 Å². The molecule has 2 N–H and O–H groups in total. The molecule has 1 aliphatic rings. The monoisotopic (exact) mass is 367 g/mol. The van der Waals surface area contributed by atoms with Crippen molar-refractivity contribution in [1.82, 2.24) is 5.43 Å². The number of amides is 2. The molecule has 1 aromatic carbocycles. The van der Waals surface area contributed by atoms with Gasteiger partial charge in [0.2, 0.25) is 5.91 Å². The fourth-order valence-corrected chi connectivity index (χ4v) is 2.87. The number of benzene rings is 1. The Kier molecular flexibility index (Phi) is 7.53. The molecule has 2 amide bonds. The Labute approximate surface area is 161 Å². The van der Waals surface area contributed by atoms with E-state index in [1.54, 1.807) is 24.3 Å². The minimum atomic E-state index is -0.267. The third kappa shape index (κ3) is 6.20. The van der Waals surface area contributed by atoms with E-state index in [1.165, 1.54) is 0 Å². The summed E-state index contributed by atoms with van der Waals surface area (Å²) in [5.74, 6) is 0.101. The summed E-state index contributed by atoms with van der Waals surface area (Å²) in [6.07, 6.45) is 6.27. The first-order valence-electron chi connectivity index (χ1n) is 9.50. The van der Waals surface area contributed by atoms with Gasteiger partial charge in [0, 0.05) is 17.7 Å². The zero-order valence-corrected chi connectivity index (χ0v) is 16.5. The third-order valence-corrected chi connectivity index (χ3v) is 4.78. The van der Waals surface area contributed by atoms with E-state index in [4.69, 9.17) is 0 Å². The molecule has 0 bridgehead atoms. The summed E-state index contributed by atoms with van der Waals surface area (Å²) < 4.78 is 0. The van der Waals surface area contributed by atoms with Gasteiger partial charge in [0.05, 0.1) is 5.71 Å². The smallest absolute Gasteiger partial charge is 0.271 e. The van der Waals surface area contributed by atoms with Crippen LogP contribution in [0, 0.1) is 5.92 Å². The minimum Gasteiger partial charge on any atom is -0.326 e. The summed E-state index contributed by atoms with van der Waals surface area (Å²) >= 11 is 0. The molecule has 5 nitrogen and oxygen atoms in total. The number of carbonyl (C=O) groups excluding carboxylic acids is 2. The molecular weight excluding hydrogens is 338 g/mol. The molecule has 0 saturated heterocycles. The van der Waals surface area contributed by atoms with Crippen LogP contribution in [0.15, 0.2) is 53.2 Å². The number of hydrogen-bond donors (Lipinski definition) is 2. The first kappa shape index (κ1) is 20.6. The highest BCUT2D eigenvalue weighted by Gasteiger charge is 2.19. The highest BCUT2D eigenvalue weighted by atomic mass is 16.2. The van der Waals surface area contributed by atoms with E-state index >= 15 is 0 Å². The van der Waals surface area contributed by atoms with Crippen LogP contribution in [0.4, 0.5) is 5.69 Å². The molecule has 0 aliphatic heterocycles. The average Bonchev–Trinajstić information content (AvgIpc) is 2.65. The van der Waals surface area contributed by atoms with Crippen molar-refractivity contribution >= 4 is 23.2 Å². The number of carbonyl (C=O) groups is 2. The molecular formula is C22H29N3O2. The van der Waals surface area contributed by atoms with Crippen LogP contribution in [0.2, 0.25) is 0 Å². The molecule has 1 aromatic rings. The summed E-state index contributed by atoms with van der Waals surface area (Å²) in [6, 6.07) is 6.83. The molecule has 2 rings (SSSR count). The van der Waals surface area contributed by atoms with Crippen molar-refractivity contribution in [3.05, 3.63) is 53.6 Å². The summed E-state index contributed by atoms with van der Waals surface area (Å²) in [4.78, 5) is 24.1. The Morgan fingerprint density at radius 1 is 1.26 bits per heavy atom. The van der Waals surface area contributed by atoms with Crippen molar-refractivity contribution in [3.63, 3.8) is 0 Å². The summed E-state index contributed by atoms with van der Waals surface area (Å²) in [5.41, 5.74) is 6.95. The molecule has 0 radical (unpaired) electrons. The number of anilines is 1. The number of hydrogen-bond acceptors (Lipinski definition) is 3. The van der Waals surface area contributed by atoms with Crippen molar-refractivity contribution in [2.24, 2.45) is 11.0 Å². The highest BCUT2D eigenvalue weighted by molar-refractivity contribution is 6.02. The maximum Gasteiger partial charge on any atom is 0.271 e. The first-order valence-corrected chi connectivity index (χ1v) is 9.50. The molecule has 0 heterocycles. The van der Waals surface area contributed by atoms with Crippen molar-refractivity contribution in [1.29, 1.82) is 0 Å². The second kappa shape index (κ2) is 9.86. The van der Waals surface area contributed by atoms with Crippen LogP contribution < -0.4 is 10.7 Å². The van der Waals surface area contributed by atoms with Crippen LogP contribution in [0.5, 0.6) is 0 Å². The van der Waals surface area contributed by atoms with E-state index in [0.717, 1.165) is 42.5 Å². The summed E-state index contributed by atoms with van der Waals surface area (Å²) in [6.45, 7) is 10.1. The van der Waals surface area contributed by atoms with E-state index < -0.39 is 0 Å². The van der Waals surface area contributed by atoms with Gasteiger partial charge in [-0.1, -0.05) is 31.6 Å². The van der Waals surface area contributed by atoms with Gasteiger partial charge >= 0.3 is 0 Å². The second-order valence-corrected chi connectivity index (χ2v) is 7.10. The lowest BCUT2D eigenvalue weighted by Crippen LogP contribution is -2.23. The SMILES string of the molecule is C=C(C)C1CC=C(C)/C(=N/NC(=O)c2ccc(NC(=O)CCCC)cc2)C1. The van der Waals surface area contributed by atoms with Gasteiger partial charge in [0.25, 0.3) is 5.91 Å². The van der Waals surface area contributed by atoms with Gasteiger partial charge in [-0.25, -0.2) is 5.43 Å². The Bertz CT molecular complexity index is 760. The van der Waals surface area contributed by atoms with Gasteiger partial charge in [0.15, 0.2) is 0 Å². The molecule has 5 heteroatoms. The lowest BCUT2D eigenvalue weighted by Gasteiger charge is -2.22. The van der Waals surface area contributed by atoms with Crippen LogP contribution in [-0.2, 0) is 4.79 Å². The average molecular weight is 367 g/mol. The molecule has 1 unspecified atom stereocenters. The molecule has 27 heavy (non-hydrogen) atoms. The molecule has 144 valence electrons. The number of nitrogens with one attached hydrogen (secondary N) is 2. The summed E-state index contributed by atoms with van der Waals surface area (Å²) in [5, 5.41) is 7.15. The quantitative estimate of drug-likeness (QED) is 0.535. The van der Waals surface area contributed by atoms with Gasteiger partial charge in [-0.3, -0.25) is 9.59 Å². The number of hydrazone groups is 1.